The van der Waals surface area contributed by atoms with E-state index in [0.29, 0.717) is 6.04 Å². The summed E-state index contributed by atoms with van der Waals surface area (Å²) in [6.45, 7) is 5.93. The first kappa shape index (κ1) is 12.0. The van der Waals surface area contributed by atoms with Gasteiger partial charge in [0.25, 0.3) is 0 Å². The molecule has 1 aliphatic carbocycles. The van der Waals surface area contributed by atoms with E-state index >= 15 is 0 Å². The van der Waals surface area contributed by atoms with E-state index in [1.165, 1.54) is 25.7 Å². The van der Waals surface area contributed by atoms with Crippen LogP contribution < -0.4 is 5.32 Å². The normalized spacial score (nSPS) is 29.0. The Morgan fingerprint density at radius 1 is 1.44 bits per heavy atom. The molecule has 1 unspecified atom stereocenters. The van der Waals surface area contributed by atoms with E-state index < -0.39 is 0 Å². The Balaban J connectivity index is 1.82. The molecule has 0 bridgehead atoms. The Morgan fingerprint density at radius 3 is 2.89 bits per heavy atom. The maximum atomic E-state index is 5.50. The highest BCUT2D eigenvalue weighted by Gasteiger charge is 2.31. The molecule has 2 heterocycles. The predicted molar refractivity (Wildman–Crippen MR) is 71.9 cm³/mol. The Labute approximate surface area is 109 Å². The van der Waals surface area contributed by atoms with Gasteiger partial charge in [-0.3, -0.25) is 0 Å². The van der Waals surface area contributed by atoms with Crippen LogP contribution in [0, 0.1) is 6.92 Å². The summed E-state index contributed by atoms with van der Waals surface area (Å²) in [5.74, 6) is 1.03. The van der Waals surface area contributed by atoms with Gasteiger partial charge in [-0.25, -0.2) is 4.98 Å². The van der Waals surface area contributed by atoms with E-state index in [1.54, 1.807) is 0 Å². The number of ether oxygens (including phenoxy) is 1. The van der Waals surface area contributed by atoms with Gasteiger partial charge in [-0.05, 0) is 33.1 Å². The quantitative estimate of drug-likeness (QED) is 0.895. The molecule has 1 aromatic heterocycles. The van der Waals surface area contributed by atoms with Crippen molar-refractivity contribution in [2.24, 2.45) is 0 Å². The van der Waals surface area contributed by atoms with Gasteiger partial charge in [0, 0.05) is 18.8 Å². The average Bonchev–Trinajstić information content (AvgIpc) is 3.00. The highest BCUT2D eigenvalue weighted by molar-refractivity contribution is 5.34. The summed E-state index contributed by atoms with van der Waals surface area (Å²) in [4.78, 5) is 4.66. The van der Waals surface area contributed by atoms with Crippen molar-refractivity contribution in [1.29, 1.82) is 0 Å². The lowest BCUT2D eigenvalue weighted by Gasteiger charge is -2.26. The zero-order valence-corrected chi connectivity index (χ0v) is 11.4. The molecular weight excluding hydrogens is 226 g/mol. The lowest BCUT2D eigenvalue weighted by atomic mass is 10.0. The standard InChI is InChI=1S/C14H23N3O/c1-11-9-17(12-5-3-4-6-12)13(15-11)16-14(2)7-8-18-10-14/h9,12H,3-8,10H2,1-2H3,(H,15,16). The fourth-order valence-electron chi connectivity index (χ4n) is 3.10. The summed E-state index contributed by atoms with van der Waals surface area (Å²) < 4.78 is 7.86. The van der Waals surface area contributed by atoms with Crippen LogP contribution in [-0.4, -0.2) is 28.3 Å². The molecule has 3 rings (SSSR count). The molecule has 4 nitrogen and oxygen atoms in total. The van der Waals surface area contributed by atoms with Crippen LogP contribution >= 0.6 is 0 Å². The predicted octanol–water partition coefficient (Wildman–Crippen LogP) is 2.90. The minimum Gasteiger partial charge on any atom is -0.379 e. The lowest BCUT2D eigenvalue weighted by Crippen LogP contribution is -2.36. The maximum absolute atomic E-state index is 5.50. The average molecular weight is 249 g/mol. The first-order valence-corrected chi connectivity index (χ1v) is 7.08. The first-order valence-electron chi connectivity index (χ1n) is 7.08. The van der Waals surface area contributed by atoms with Crippen molar-refractivity contribution in [3.63, 3.8) is 0 Å². The van der Waals surface area contributed by atoms with Gasteiger partial charge >= 0.3 is 0 Å². The van der Waals surface area contributed by atoms with Gasteiger partial charge < -0.3 is 14.6 Å². The zero-order valence-electron chi connectivity index (χ0n) is 11.4. The lowest BCUT2D eigenvalue weighted by molar-refractivity contribution is 0.185. The van der Waals surface area contributed by atoms with E-state index in [-0.39, 0.29) is 5.54 Å². The Kier molecular flexibility index (Phi) is 3.06. The third-order valence-electron chi connectivity index (χ3n) is 4.20. The van der Waals surface area contributed by atoms with Crippen LogP contribution in [0.5, 0.6) is 0 Å². The van der Waals surface area contributed by atoms with E-state index in [0.717, 1.165) is 31.3 Å². The van der Waals surface area contributed by atoms with Crippen LogP contribution in [0.25, 0.3) is 0 Å². The first-order chi connectivity index (χ1) is 8.66. The number of hydrogen-bond donors (Lipinski definition) is 1. The van der Waals surface area contributed by atoms with E-state index in [2.05, 4.69) is 34.9 Å². The topological polar surface area (TPSA) is 39.1 Å². The molecule has 1 N–H and O–H groups in total. The van der Waals surface area contributed by atoms with Crippen molar-refractivity contribution < 1.29 is 4.74 Å². The summed E-state index contributed by atoms with van der Waals surface area (Å²) in [5, 5.41) is 3.61. The number of nitrogens with one attached hydrogen (secondary N) is 1. The second-order valence-corrected chi connectivity index (χ2v) is 6.04. The minimum atomic E-state index is 0.0497. The van der Waals surface area contributed by atoms with Crippen LogP contribution in [0.1, 0.15) is 50.8 Å². The number of rotatable bonds is 3. The molecule has 1 saturated heterocycles. The van der Waals surface area contributed by atoms with Crippen molar-refractivity contribution in [2.45, 2.75) is 57.5 Å². The highest BCUT2D eigenvalue weighted by atomic mass is 16.5. The molecule has 2 aliphatic rings. The summed E-state index contributed by atoms with van der Waals surface area (Å²) >= 11 is 0. The monoisotopic (exact) mass is 249 g/mol. The molecule has 100 valence electrons. The van der Waals surface area contributed by atoms with Crippen LogP contribution in [0.4, 0.5) is 5.95 Å². The van der Waals surface area contributed by atoms with Crippen LogP contribution in [0.15, 0.2) is 6.20 Å². The molecule has 2 fully saturated rings. The van der Waals surface area contributed by atoms with Crippen molar-refractivity contribution in [3.8, 4) is 0 Å². The van der Waals surface area contributed by atoms with Crippen LogP contribution in [0.2, 0.25) is 0 Å². The van der Waals surface area contributed by atoms with Crippen molar-refractivity contribution >= 4 is 5.95 Å². The molecule has 0 aromatic carbocycles. The summed E-state index contributed by atoms with van der Waals surface area (Å²) in [6, 6.07) is 0.639. The Bertz CT molecular complexity index is 415. The molecule has 1 aromatic rings. The molecule has 0 radical (unpaired) electrons. The van der Waals surface area contributed by atoms with Gasteiger partial charge in [-0.1, -0.05) is 12.8 Å². The van der Waals surface area contributed by atoms with Gasteiger partial charge in [-0.2, -0.15) is 0 Å². The number of aromatic nitrogens is 2. The minimum absolute atomic E-state index is 0.0497. The summed E-state index contributed by atoms with van der Waals surface area (Å²) in [5.41, 5.74) is 1.15. The second kappa shape index (κ2) is 4.57. The molecule has 1 saturated carbocycles. The third kappa shape index (κ3) is 2.26. The number of nitrogens with zero attached hydrogens (tertiary/aromatic N) is 2. The second-order valence-electron chi connectivity index (χ2n) is 6.04. The van der Waals surface area contributed by atoms with Crippen molar-refractivity contribution in [1.82, 2.24) is 9.55 Å². The van der Waals surface area contributed by atoms with Crippen molar-refractivity contribution in [3.05, 3.63) is 11.9 Å². The molecule has 18 heavy (non-hydrogen) atoms. The number of imidazole rings is 1. The maximum Gasteiger partial charge on any atom is 0.203 e. The van der Waals surface area contributed by atoms with Gasteiger partial charge in [0.05, 0.1) is 17.8 Å². The number of anilines is 1. The smallest absolute Gasteiger partial charge is 0.203 e. The summed E-state index contributed by atoms with van der Waals surface area (Å²) in [6.07, 6.45) is 8.53. The number of hydrogen-bond acceptors (Lipinski definition) is 3. The van der Waals surface area contributed by atoms with Crippen LogP contribution in [-0.2, 0) is 4.74 Å². The largest absolute Gasteiger partial charge is 0.379 e. The van der Waals surface area contributed by atoms with Gasteiger partial charge in [0.1, 0.15) is 0 Å². The SMILES string of the molecule is Cc1cn(C2CCCC2)c(NC2(C)CCOC2)n1. The molecule has 0 amide bonds. The third-order valence-corrected chi connectivity index (χ3v) is 4.20. The van der Waals surface area contributed by atoms with E-state index in [9.17, 15) is 0 Å². The molecule has 4 heteroatoms. The molecular formula is C14H23N3O. The fourth-order valence-corrected chi connectivity index (χ4v) is 3.10. The van der Waals surface area contributed by atoms with Gasteiger partial charge in [-0.15, -0.1) is 0 Å². The zero-order chi connectivity index (χ0) is 12.6. The highest BCUT2D eigenvalue weighted by Crippen LogP contribution is 2.33. The Morgan fingerprint density at radius 2 is 2.22 bits per heavy atom. The fraction of sp³-hybridized carbons (Fsp3) is 0.786. The van der Waals surface area contributed by atoms with Gasteiger partial charge in [0.2, 0.25) is 5.95 Å². The van der Waals surface area contributed by atoms with Gasteiger partial charge in [0.15, 0.2) is 0 Å². The molecule has 0 spiro atoms. The van der Waals surface area contributed by atoms with Crippen LogP contribution in [0.3, 0.4) is 0 Å². The summed E-state index contributed by atoms with van der Waals surface area (Å²) in [7, 11) is 0. The van der Waals surface area contributed by atoms with E-state index in [4.69, 9.17) is 4.74 Å². The molecule has 1 atom stereocenters. The van der Waals surface area contributed by atoms with Crippen molar-refractivity contribution in [2.75, 3.05) is 18.5 Å². The number of aryl methyl sites for hydroxylation is 1. The molecule has 1 aliphatic heterocycles. The Hall–Kier alpha value is -1.03. The van der Waals surface area contributed by atoms with E-state index in [1.807, 2.05) is 0 Å².